The minimum absolute atomic E-state index is 0.226. The maximum absolute atomic E-state index is 10.4. The summed E-state index contributed by atoms with van der Waals surface area (Å²) in [4.78, 5) is 20.7. The van der Waals surface area contributed by atoms with Gasteiger partial charge in [0.2, 0.25) is 0 Å². The molecule has 1 N–H and O–H groups in total. The Bertz CT molecular complexity index is 220. The zero-order valence-corrected chi connectivity index (χ0v) is 8.35. The third-order valence-electron chi connectivity index (χ3n) is 2.91. The highest BCUT2D eigenvalue weighted by Crippen LogP contribution is 2.27. The summed E-state index contributed by atoms with van der Waals surface area (Å²) in [6.07, 6.45) is 1.81. The molecule has 0 saturated carbocycles. The Kier molecular flexibility index (Phi) is 3.85. The molecule has 5 nitrogen and oxygen atoms in total. The Balaban J connectivity index is 2.34. The lowest BCUT2D eigenvalue weighted by atomic mass is 9.84. The first-order valence-electron chi connectivity index (χ1n) is 4.93. The summed E-state index contributed by atoms with van der Waals surface area (Å²) in [7, 11) is 0. The van der Waals surface area contributed by atoms with Crippen LogP contribution in [0.15, 0.2) is 5.29 Å². The van der Waals surface area contributed by atoms with E-state index in [2.05, 4.69) is 5.29 Å². The second-order valence-electron chi connectivity index (χ2n) is 3.95. The van der Waals surface area contributed by atoms with Crippen molar-refractivity contribution in [3.05, 3.63) is 4.91 Å². The summed E-state index contributed by atoms with van der Waals surface area (Å²) < 4.78 is 0. The van der Waals surface area contributed by atoms with Crippen molar-refractivity contribution >= 4 is 5.97 Å². The fourth-order valence-electron chi connectivity index (χ4n) is 1.98. The highest BCUT2D eigenvalue weighted by Gasteiger charge is 2.26. The molecule has 0 bridgehead atoms. The van der Waals surface area contributed by atoms with Crippen LogP contribution >= 0.6 is 0 Å². The van der Waals surface area contributed by atoms with Crippen LogP contribution in [-0.4, -0.2) is 29.2 Å². The number of hydrogen-bond donors (Lipinski definition) is 1. The van der Waals surface area contributed by atoms with Gasteiger partial charge in [0.05, 0.1) is 5.29 Å². The summed E-state index contributed by atoms with van der Waals surface area (Å²) in [6, 6.07) is 0. The molecule has 0 spiro atoms. The molecular formula is C9H16N2O3. The van der Waals surface area contributed by atoms with Crippen LogP contribution in [-0.2, 0) is 4.79 Å². The molecule has 1 rings (SSSR count). The molecule has 1 aliphatic rings. The number of nitroso groups, excluding NO2 is 1. The van der Waals surface area contributed by atoms with Gasteiger partial charge in [0.25, 0.3) is 0 Å². The van der Waals surface area contributed by atoms with Crippen molar-refractivity contribution in [3.8, 4) is 0 Å². The summed E-state index contributed by atoms with van der Waals surface area (Å²) in [5, 5.41) is 13.0. The third kappa shape index (κ3) is 2.97. The Labute approximate surface area is 83.0 Å². The first-order chi connectivity index (χ1) is 6.63. The van der Waals surface area contributed by atoms with Gasteiger partial charge in [-0.15, -0.1) is 4.91 Å². The molecule has 0 aromatic rings. The second kappa shape index (κ2) is 4.93. The highest BCUT2D eigenvalue weighted by atomic mass is 16.4. The van der Waals surface area contributed by atoms with E-state index in [0.717, 1.165) is 6.42 Å². The van der Waals surface area contributed by atoms with Crippen molar-refractivity contribution in [1.82, 2.24) is 5.01 Å². The largest absolute Gasteiger partial charge is 0.481 e. The number of hydrogen-bond acceptors (Lipinski definition) is 3. The summed E-state index contributed by atoms with van der Waals surface area (Å²) in [5.74, 6) is 0.0399. The lowest BCUT2D eigenvalue weighted by Gasteiger charge is -2.33. The smallest absolute Gasteiger partial charge is 0.303 e. The molecule has 1 aliphatic heterocycles. The molecular weight excluding hydrogens is 184 g/mol. The minimum atomic E-state index is -0.742. The molecule has 0 aromatic heterocycles. The molecule has 1 fully saturated rings. The average molecular weight is 200 g/mol. The van der Waals surface area contributed by atoms with E-state index in [1.807, 2.05) is 6.92 Å². The number of aliphatic carboxylic acids is 1. The molecule has 0 amide bonds. The van der Waals surface area contributed by atoms with Gasteiger partial charge in [-0.1, -0.05) is 6.92 Å². The van der Waals surface area contributed by atoms with Crippen molar-refractivity contribution in [2.75, 3.05) is 13.1 Å². The monoisotopic (exact) mass is 200 g/mol. The van der Waals surface area contributed by atoms with E-state index in [-0.39, 0.29) is 6.42 Å². The van der Waals surface area contributed by atoms with E-state index in [1.54, 1.807) is 0 Å². The first kappa shape index (κ1) is 10.9. The van der Waals surface area contributed by atoms with Gasteiger partial charge >= 0.3 is 5.97 Å². The number of carbonyl (C=O) groups is 1. The predicted octanol–water partition coefficient (Wildman–Crippen LogP) is 1.49. The molecule has 0 aliphatic carbocycles. The maximum Gasteiger partial charge on any atom is 0.303 e. The van der Waals surface area contributed by atoms with Crippen LogP contribution in [0.5, 0.6) is 0 Å². The highest BCUT2D eigenvalue weighted by molar-refractivity contribution is 5.66. The van der Waals surface area contributed by atoms with Crippen molar-refractivity contribution in [1.29, 1.82) is 0 Å². The van der Waals surface area contributed by atoms with Crippen LogP contribution in [0.2, 0.25) is 0 Å². The lowest BCUT2D eigenvalue weighted by Crippen LogP contribution is -2.36. The molecule has 2 atom stereocenters. The fourth-order valence-corrected chi connectivity index (χ4v) is 1.98. The van der Waals surface area contributed by atoms with Gasteiger partial charge in [0, 0.05) is 19.5 Å². The van der Waals surface area contributed by atoms with Gasteiger partial charge in [-0.25, -0.2) is 0 Å². The van der Waals surface area contributed by atoms with Crippen LogP contribution < -0.4 is 0 Å². The van der Waals surface area contributed by atoms with Crippen molar-refractivity contribution in [2.45, 2.75) is 26.2 Å². The topological polar surface area (TPSA) is 70.0 Å². The zero-order chi connectivity index (χ0) is 10.6. The van der Waals surface area contributed by atoms with E-state index in [4.69, 9.17) is 5.11 Å². The molecule has 0 radical (unpaired) electrons. The first-order valence-corrected chi connectivity index (χ1v) is 4.93. The summed E-state index contributed by atoms with van der Waals surface area (Å²) in [6.45, 7) is 3.37. The van der Waals surface area contributed by atoms with Gasteiger partial charge in [-0.05, 0) is 24.7 Å². The number of piperidine rings is 1. The zero-order valence-electron chi connectivity index (χ0n) is 8.35. The summed E-state index contributed by atoms with van der Waals surface area (Å²) >= 11 is 0. The van der Waals surface area contributed by atoms with Crippen LogP contribution in [0.4, 0.5) is 0 Å². The number of nitrogens with zero attached hydrogens (tertiary/aromatic N) is 2. The molecule has 14 heavy (non-hydrogen) atoms. The van der Waals surface area contributed by atoms with Crippen molar-refractivity contribution in [2.24, 2.45) is 17.1 Å². The van der Waals surface area contributed by atoms with E-state index < -0.39 is 5.97 Å². The van der Waals surface area contributed by atoms with E-state index in [1.165, 1.54) is 5.01 Å². The van der Waals surface area contributed by atoms with E-state index >= 15 is 0 Å². The van der Waals surface area contributed by atoms with Crippen molar-refractivity contribution in [3.63, 3.8) is 0 Å². The standard InChI is InChI=1S/C9H16N2O3/c1-7-6-11(10-14)5-4-8(7)2-3-9(12)13/h7-8H,2-6H2,1H3,(H,12,13). The maximum atomic E-state index is 10.4. The summed E-state index contributed by atoms with van der Waals surface area (Å²) in [5.41, 5.74) is 0. The van der Waals surface area contributed by atoms with Crippen LogP contribution in [0, 0.1) is 16.7 Å². The molecule has 5 heteroatoms. The van der Waals surface area contributed by atoms with Gasteiger partial charge in [-0.2, -0.15) is 0 Å². The predicted molar refractivity (Wildman–Crippen MR) is 51.5 cm³/mol. The molecule has 2 unspecified atom stereocenters. The fraction of sp³-hybridized carbons (Fsp3) is 0.889. The number of carboxylic acid groups (broad SMARTS) is 1. The number of rotatable bonds is 4. The Morgan fingerprint density at radius 3 is 2.86 bits per heavy atom. The Morgan fingerprint density at radius 2 is 2.36 bits per heavy atom. The van der Waals surface area contributed by atoms with Crippen LogP contribution in [0.3, 0.4) is 0 Å². The minimum Gasteiger partial charge on any atom is -0.481 e. The Hall–Kier alpha value is -1.13. The molecule has 80 valence electrons. The van der Waals surface area contributed by atoms with E-state index in [9.17, 15) is 9.70 Å². The molecule has 1 heterocycles. The van der Waals surface area contributed by atoms with Crippen LogP contribution in [0.25, 0.3) is 0 Å². The SMILES string of the molecule is CC1CN(N=O)CCC1CCC(=O)O. The third-order valence-corrected chi connectivity index (χ3v) is 2.91. The van der Waals surface area contributed by atoms with Gasteiger partial charge < -0.3 is 5.11 Å². The van der Waals surface area contributed by atoms with Gasteiger partial charge in [-0.3, -0.25) is 9.80 Å². The Morgan fingerprint density at radius 1 is 1.64 bits per heavy atom. The number of carboxylic acids is 1. The lowest BCUT2D eigenvalue weighted by molar-refractivity contribution is -0.137. The van der Waals surface area contributed by atoms with Crippen LogP contribution in [0.1, 0.15) is 26.2 Å². The normalized spacial score (nSPS) is 27.4. The average Bonchev–Trinajstić information content (AvgIpc) is 2.15. The van der Waals surface area contributed by atoms with E-state index in [0.29, 0.717) is 31.3 Å². The van der Waals surface area contributed by atoms with Gasteiger partial charge in [0.15, 0.2) is 0 Å². The van der Waals surface area contributed by atoms with Crippen molar-refractivity contribution < 1.29 is 9.90 Å². The quantitative estimate of drug-likeness (QED) is 0.698. The molecule has 0 aromatic carbocycles. The second-order valence-corrected chi connectivity index (χ2v) is 3.95. The molecule has 1 saturated heterocycles. The van der Waals surface area contributed by atoms with Gasteiger partial charge in [0.1, 0.15) is 0 Å².